The molecule has 156 valence electrons. The van der Waals surface area contributed by atoms with E-state index in [0.29, 0.717) is 5.76 Å². The monoisotopic (exact) mass is 422 g/mol. The number of imide groups is 1. The Labute approximate surface area is 174 Å². The minimum atomic E-state index is -0.916. The van der Waals surface area contributed by atoms with E-state index in [0.717, 1.165) is 11.0 Å². The van der Waals surface area contributed by atoms with E-state index in [4.69, 9.17) is 13.9 Å². The molecule has 1 aromatic heterocycles. The summed E-state index contributed by atoms with van der Waals surface area (Å²) >= 11 is 0. The lowest BCUT2D eigenvalue weighted by molar-refractivity contribution is -0.385. The number of esters is 1. The molecule has 2 aromatic carbocycles. The number of hydrogen-bond donors (Lipinski definition) is 0. The van der Waals surface area contributed by atoms with Gasteiger partial charge in [-0.25, -0.2) is 4.79 Å². The Morgan fingerprint density at radius 2 is 1.87 bits per heavy atom. The third-order valence-electron chi connectivity index (χ3n) is 4.67. The number of carbonyl (C=O) groups is 3. The summed E-state index contributed by atoms with van der Waals surface area (Å²) in [6.07, 6.45) is 1.43. The summed E-state index contributed by atoms with van der Waals surface area (Å²) in [6, 6.07) is 10.9. The number of furan rings is 1. The molecule has 0 saturated heterocycles. The maximum atomic E-state index is 12.7. The lowest BCUT2D eigenvalue weighted by Gasteiger charge is -2.11. The van der Waals surface area contributed by atoms with E-state index in [2.05, 4.69) is 0 Å². The van der Waals surface area contributed by atoms with Crippen LogP contribution in [0.2, 0.25) is 0 Å². The van der Waals surface area contributed by atoms with Crippen molar-refractivity contribution in [3.8, 4) is 11.5 Å². The van der Waals surface area contributed by atoms with Crippen molar-refractivity contribution in [1.82, 2.24) is 4.90 Å². The number of rotatable bonds is 6. The van der Waals surface area contributed by atoms with Gasteiger partial charge in [-0.3, -0.25) is 24.6 Å². The molecular weight excluding hydrogens is 408 g/mol. The fourth-order valence-corrected chi connectivity index (χ4v) is 3.13. The van der Waals surface area contributed by atoms with E-state index >= 15 is 0 Å². The Balaban J connectivity index is 1.59. The molecule has 10 heteroatoms. The Kier molecular flexibility index (Phi) is 4.96. The summed E-state index contributed by atoms with van der Waals surface area (Å²) in [5, 5.41) is 11.3. The molecule has 10 nitrogen and oxygen atoms in total. The first-order chi connectivity index (χ1) is 14.9. The van der Waals surface area contributed by atoms with Crippen LogP contribution in [0.1, 0.15) is 36.8 Å². The van der Waals surface area contributed by atoms with E-state index < -0.39 is 28.4 Å². The fourth-order valence-electron chi connectivity index (χ4n) is 3.13. The average molecular weight is 422 g/mol. The van der Waals surface area contributed by atoms with Crippen molar-refractivity contribution in [3.05, 3.63) is 87.4 Å². The molecule has 0 bridgehead atoms. The normalized spacial score (nSPS) is 12.6. The molecule has 31 heavy (non-hydrogen) atoms. The van der Waals surface area contributed by atoms with Crippen LogP contribution >= 0.6 is 0 Å². The SMILES string of the molecule is COc1ccc(OC(=O)c2ccc3c(c2)C(=O)N(Cc2ccco2)C3=O)c([N+](=O)[O-])c1. The van der Waals surface area contributed by atoms with Crippen LogP contribution in [-0.2, 0) is 6.54 Å². The molecule has 3 aromatic rings. The number of fused-ring (bicyclic) bond motifs is 1. The van der Waals surface area contributed by atoms with Crippen LogP contribution < -0.4 is 9.47 Å². The van der Waals surface area contributed by atoms with E-state index in [1.165, 1.54) is 43.7 Å². The van der Waals surface area contributed by atoms with Crippen LogP contribution in [0, 0.1) is 10.1 Å². The third-order valence-corrected chi connectivity index (χ3v) is 4.67. The Morgan fingerprint density at radius 1 is 1.10 bits per heavy atom. The summed E-state index contributed by atoms with van der Waals surface area (Å²) in [7, 11) is 1.35. The Morgan fingerprint density at radius 3 is 2.55 bits per heavy atom. The molecule has 1 aliphatic heterocycles. The quantitative estimate of drug-likeness (QED) is 0.195. The van der Waals surface area contributed by atoms with Gasteiger partial charge in [0.1, 0.15) is 11.5 Å². The van der Waals surface area contributed by atoms with Crippen molar-refractivity contribution in [2.75, 3.05) is 7.11 Å². The number of benzene rings is 2. The predicted molar refractivity (Wildman–Crippen MR) is 104 cm³/mol. The Bertz CT molecular complexity index is 1220. The van der Waals surface area contributed by atoms with Crippen molar-refractivity contribution in [2.24, 2.45) is 0 Å². The van der Waals surface area contributed by atoms with Gasteiger partial charge in [-0.2, -0.15) is 0 Å². The number of nitrogens with zero attached hydrogens (tertiary/aromatic N) is 2. The van der Waals surface area contributed by atoms with Gasteiger partial charge in [-0.05, 0) is 42.5 Å². The molecule has 0 radical (unpaired) electrons. The first kappa shape index (κ1) is 19.8. The van der Waals surface area contributed by atoms with Crippen molar-refractivity contribution < 1.29 is 33.2 Å². The van der Waals surface area contributed by atoms with Gasteiger partial charge < -0.3 is 13.9 Å². The Hall–Kier alpha value is -4.47. The van der Waals surface area contributed by atoms with Gasteiger partial charge in [0.2, 0.25) is 5.75 Å². The highest BCUT2D eigenvalue weighted by molar-refractivity contribution is 6.21. The van der Waals surface area contributed by atoms with Crippen LogP contribution in [0.4, 0.5) is 5.69 Å². The lowest BCUT2D eigenvalue weighted by Crippen LogP contribution is -2.28. The first-order valence-electron chi connectivity index (χ1n) is 8.96. The molecule has 0 spiro atoms. The molecule has 0 fully saturated rings. The maximum Gasteiger partial charge on any atom is 0.343 e. The summed E-state index contributed by atoms with van der Waals surface area (Å²) in [4.78, 5) is 49.4. The van der Waals surface area contributed by atoms with Crippen molar-refractivity contribution in [2.45, 2.75) is 6.54 Å². The van der Waals surface area contributed by atoms with E-state index in [1.54, 1.807) is 12.1 Å². The number of nitro groups is 1. The van der Waals surface area contributed by atoms with E-state index in [1.807, 2.05) is 0 Å². The molecule has 0 atom stereocenters. The minimum Gasteiger partial charge on any atom is -0.496 e. The number of methoxy groups -OCH3 is 1. The largest absolute Gasteiger partial charge is 0.496 e. The minimum absolute atomic E-state index is 0.0372. The van der Waals surface area contributed by atoms with Crippen LogP contribution in [0.25, 0.3) is 0 Å². The van der Waals surface area contributed by atoms with Crippen LogP contribution in [0.15, 0.2) is 59.2 Å². The summed E-state index contributed by atoms with van der Waals surface area (Å²) in [6.45, 7) is -0.0445. The summed E-state index contributed by atoms with van der Waals surface area (Å²) < 4.78 is 15.3. The molecule has 0 N–H and O–H groups in total. The van der Waals surface area contributed by atoms with Crippen LogP contribution in [0.3, 0.4) is 0 Å². The van der Waals surface area contributed by atoms with Gasteiger partial charge in [0.05, 0.1) is 47.6 Å². The second kappa shape index (κ2) is 7.75. The first-order valence-corrected chi connectivity index (χ1v) is 8.96. The standard InChI is InChI=1S/C21H14N2O8/c1-29-13-5-7-18(17(10-13)23(27)28)31-21(26)12-4-6-15-16(9-12)20(25)22(19(15)24)11-14-3-2-8-30-14/h2-10H,11H2,1H3. The number of carbonyl (C=O) groups excluding carboxylic acids is 3. The fraction of sp³-hybridized carbons (Fsp3) is 0.0952. The van der Waals surface area contributed by atoms with E-state index in [9.17, 15) is 24.5 Å². The van der Waals surface area contributed by atoms with Crippen molar-refractivity contribution in [3.63, 3.8) is 0 Å². The molecule has 2 heterocycles. The van der Waals surface area contributed by atoms with Crippen molar-refractivity contribution in [1.29, 1.82) is 0 Å². The molecule has 0 unspecified atom stereocenters. The second-order valence-electron chi connectivity index (χ2n) is 6.52. The summed E-state index contributed by atoms with van der Waals surface area (Å²) in [5.74, 6) is -1.63. The van der Waals surface area contributed by atoms with Crippen LogP contribution in [-0.4, -0.2) is 34.7 Å². The molecule has 0 aliphatic carbocycles. The van der Waals surface area contributed by atoms with Gasteiger partial charge in [-0.15, -0.1) is 0 Å². The summed E-state index contributed by atoms with van der Waals surface area (Å²) in [5.41, 5.74) is -0.312. The van der Waals surface area contributed by atoms with Crippen LogP contribution in [0.5, 0.6) is 11.5 Å². The topological polar surface area (TPSA) is 129 Å². The zero-order valence-electron chi connectivity index (χ0n) is 16.1. The molecule has 2 amide bonds. The van der Waals surface area contributed by atoms with Gasteiger partial charge in [0, 0.05) is 0 Å². The van der Waals surface area contributed by atoms with Crippen molar-refractivity contribution >= 4 is 23.5 Å². The molecule has 4 rings (SSSR count). The zero-order chi connectivity index (χ0) is 22.1. The highest BCUT2D eigenvalue weighted by Gasteiger charge is 2.36. The molecule has 0 saturated carbocycles. The maximum absolute atomic E-state index is 12.7. The number of amides is 2. The van der Waals surface area contributed by atoms with Gasteiger partial charge in [0.25, 0.3) is 11.8 Å². The predicted octanol–water partition coefficient (Wildman–Crippen LogP) is 3.21. The molecular formula is C21H14N2O8. The average Bonchev–Trinajstić information content (AvgIpc) is 3.36. The van der Waals surface area contributed by atoms with Gasteiger partial charge >= 0.3 is 11.7 Å². The third kappa shape index (κ3) is 3.62. The highest BCUT2D eigenvalue weighted by Crippen LogP contribution is 2.32. The van der Waals surface area contributed by atoms with Gasteiger partial charge in [0.15, 0.2) is 0 Å². The lowest BCUT2D eigenvalue weighted by atomic mass is 10.1. The smallest absolute Gasteiger partial charge is 0.343 e. The van der Waals surface area contributed by atoms with E-state index in [-0.39, 0.29) is 34.7 Å². The molecule has 1 aliphatic rings. The number of ether oxygens (including phenoxy) is 2. The number of hydrogen-bond acceptors (Lipinski definition) is 8. The second-order valence-corrected chi connectivity index (χ2v) is 6.52. The number of nitro benzene ring substituents is 1. The zero-order valence-corrected chi connectivity index (χ0v) is 16.1. The highest BCUT2D eigenvalue weighted by atomic mass is 16.6. The van der Waals surface area contributed by atoms with Gasteiger partial charge in [-0.1, -0.05) is 0 Å².